The van der Waals surface area contributed by atoms with E-state index in [0.29, 0.717) is 22.3 Å². The fourth-order valence-electron chi connectivity index (χ4n) is 5.32. The highest BCUT2D eigenvalue weighted by Gasteiger charge is 2.65. The summed E-state index contributed by atoms with van der Waals surface area (Å²) in [6.45, 7) is 9.67. The maximum absolute atomic E-state index is 5.80. The minimum Gasteiger partial charge on any atom is -0.377 e. The molecule has 2 aliphatic carbocycles. The van der Waals surface area contributed by atoms with Crippen molar-refractivity contribution in [1.29, 1.82) is 0 Å². The summed E-state index contributed by atoms with van der Waals surface area (Å²) in [6.07, 6.45) is 5.11. The van der Waals surface area contributed by atoms with Gasteiger partial charge in [-0.2, -0.15) is 0 Å². The lowest BCUT2D eigenvalue weighted by atomic mass is 9.71. The Hall–Kier alpha value is 0.0969. The van der Waals surface area contributed by atoms with Gasteiger partial charge in [0.2, 0.25) is 0 Å². The topological polar surface area (TPSA) is 27.7 Å². The van der Waals surface area contributed by atoms with Crippen LogP contribution in [0.25, 0.3) is 0 Å². The van der Waals surface area contributed by atoms with E-state index in [-0.39, 0.29) is 0 Å². The molecular weight excluding hydrogens is 268 g/mol. The minimum atomic E-state index is -2.54. The molecule has 2 fully saturated rings. The zero-order chi connectivity index (χ0) is 15.2. The van der Waals surface area contributed by atoms with E-state index in [4.69, 9.17) is 13.3 Å². The van der Waals surface area contributed by atoms with E-state index in [0.717, 1.165) is 12.3 Å². The SMILES string of the molecule is CCC(C1CC2(C)CCC1C2(C)C)[Si](OC)(OC)OC. The Morgan fingerprint density at radius 3 is 1.95 bits per heavy atom. The van der Waals surface area contributed by atoms with E-state index in [2.05, 4.69) is 27.7 Å². The molecule has 0 amide bonds. The van der Waals surface area contributed by atoms with E-state index < -0.39 is 8.80 Å². The van der Waals surface area contributed by atoms with Gasteiger partial charge in [-0.1, -0.05) is 27.7 Å². The van der Waals surface area contributed by atoms with Crippen molar-refractivity contribution in [2.45, 2.75) is 58.9 Å². The second-order valence-electron chi connectivity index (χ2n) is 7.53. The molecule has 0 spiro atoms. The summed E-state index contributed by atoms with van der Waals surface area (Å²) in [7, 11) is 2.71. The van der Waals surface area contributed by atoms with Crippen molar-refractivity contribution in [3.8, 4) is 0 Å². The predicted octanol–water partition coefficient (Wildman–Crippen LogP) is 4.11. The normalized spacial score (nSPS) is 37.4. The zero-order valence-corrected chi connectivity index (χ0v) is 15.3. The number of hydrogen-bond donors (Lipinski definition) is 0. The van der Waals surface area contributed by atoms with Gasteiger partial charge in [-0.15, -0.1) is 0 Å². The van der Waals surface area contributed by atoms with Gasteiger partial charge in [-0.05, 0) is 48.3 Å². The van der Waals surface area contributed by atoms with Crippen LogP contribution in [0.5, 0.6) is 0 Å². The Balaban J connectivity index is 2.31. The first kappa shape index (κ1) is 16.5. The van der Waals surface area contributed by atoms with E-state index in [1.165, 1.54) is 19.3 Å². The van der Waals surface area contributed by atoms with Gasteiger partial charge in [0.1, 0.15) is 0 Å². The summed E-state index contributed by atoms with van der Waals surface area (Å²) in [5.41, 5.74) is 1.33. The average molecular weight is 301 g/mol. The summed E-state index contributed by atoms with van der Waals surface area (Å²) in [6, 6.07) is 0. The molecule has 4 heteroatoms. The van der Waals surface area contributed by atoms with Crippen LogP contribution in [0.15, 0.2) is 0 Å². The molecule has 0 saturated heterocycles. The molecule has 0 aliphatic heterocycles. The monoisotopic (exact) mass is 300 g/mol. The van der Waals surface area contributed by atoms with Crippen molar-refractivity contribution in [1.82, 2.24) is 0 Å². The van der Waals surface area contributed by atoms with Gasteiger partial charge in [0, 0.05) is 26.9 Å². The third-order valence-corrected chi connectivity index (χ3v) is 10.4. The Morgan fingerprint density at radius 1 is 1.10 bits per heavy atom. The van der Waals surface area contributed by atoms with E-state index in [1.54, 1.807) is 21.3 Å². The summed E-state index contributed by atoms with van der Waals surface area (Å²) in [5, 5.41) is 0. The van der Waals surface area contributed by atoms with Gasteiger partial charge in [0.05, 0.1) is 0 Å². The number of fused-ring (bicyclic) bond motifs is 2. The molecule has 2 saturated carbocycles. The highest BCUT2D eigenvalue weighted by atomic mass is 28.4. The van der Waals surface area contributed by atoms with Gasteiger partial charge in [-0.25, -0.2) is 0 Å². The Bertz CT molecular complexity index is 343. The largest absolute Gasteiger partial charge is 0.503 e. The van der Waals surface area contributed by atoms with Crippen LogP contribution in [0.4, 0.5) is 0 Å². The first-order chi connectivity index (χ1) is 9.31. The summed E-state index contributed by atoms with van der Waals surface area (Å²) in [4.78, 5) is 0. The Labute approximate surface area is 125 Å². The number of hydrogen-bond acceptors (Lipinski definition) is 3. The Morgan fingerprint density at radius 2 is 1.65 bits per heavy atom. The highest BCUT2D eigenvalue weighted by Crippen LogP contribution is 2.70. The molecule has 20 heavy (non-hydrogen) atoms. The molecule has 2 aliphatic rings. The second kappa shape index (κ2) is 5.38. The lowest BCUT2D eigenvalue weighted by Crippen LogP contribution is -2.51. The summed E-state index contributed by atoms with van der Waals surface area (Å²) in [5.74, 6) is 1.46. The van der Waals surface area contributed by atoms with Crippen LogP contribution >= 0.6 is 0 Å². The van der Waals surface area contributed by atoms with Crippen molar-refractivity contribution >= 4 is 8.80 Å². The van der Waals surface area contributed by atoms with E-state index in [9.17, 15) is 0 Å². The quantitative estimate of drug-likeness (QED) is 0.691. The van der Waals surface area contributed by atoms with Crippen LogP contribution in [0, 0.1) is 22.7 Å². The highest BCUT2D eigenvalue weighted by molar-refractivity contribution is 6.62. The lowest BCUT2D eigenvalue weighted by Gasteiger charge is -2.39. The third kappa shape index (κ3) is 2.03. The fourth-order valence-corrected chi connectivity index (χ4v) is 8.11. The second-order valence-corrected chi connectivity index (χ2v) is 10.7. The summed E-state index contributed by atoms with van der Waals surface area (Å²) < 4.78 is 17.4. The molecule has 0 aromatic rings. The van der Waals surface area contributed by atoms with Crippen LogP contribution in [-0.2, 0) is 13.3 Å². The maximum Gasteiger partial charge on any atom is 0.503 e. The van der Waals surface area contributed by atoms with E-state index >= 15 is 0 Å². The molecule has 118 valence electrons. The van der Waals surface area contributed by atoms with Gasteiger partial charge >= 0.3 is 8.80 Å². The van der Waals surface area contributed by atoms with Crippen molar-refractivity contribution in [3.05, 3.63) is 0 Å². The maximum atomic E-state index is 5.80. The molecule has 2 bridgehead atoms. The van der Waals surface area contributed by atoms with Gasteiger partial charge < -0.3 is 13.3 Å². The standard InChI is InChI=1S/C16H32O3Si/c1-8-14(20(17-5,18-6)19-7)12-11-16(4)10-9-13(12)15(16,2)3/h12-14H,8-11H2,1-7H3. The molecule has 4 unspecified atom stereocenters. The van der Waals surface area contributed by atoms with Gasteiger partial charge in [-0.3, -0.25) is 0 Å². The van der Waals surface area contributed by atoms with Crippen LogP contribution < -0.4 is 0 Å². The van der Waals surface area contributed by atoms with Crippen LogP contribution in [-0.4, -0.2) is 30.1 Å². The van der Waals surface area contributed by atoms with Crippen molar-refractivity contribution in [2.75, 3.05) is 21.3 Å². The van der Waals surface area contributed by atoms with Crippen LogP contribution in [0.3, 0.4) is 0 Å². The minimum absolute atomic E-state index is 0.425. The van der Waals surface area contributed by atoms with Crippen molar-refractivity contribution in [2.24, 2.45) is 22.7 Å². The smallest absolute Gasteiger partial charge is 0.377 e. The van der Waals surface area contributed by atoms with Crippen molar-refractivity contribution in [3.63, 3.8) is 0 Å². The fraction of sp³-hybridized carbons (Fsp3) is 1.00. The summed E-state index contributed by atoms with van der Waals surface area (Å²) >= 11 is 0. The Kier molecular flexibility index (Phi) is 4.43. The first-order valence-electron chi connectivity index (χ1n) is 7.97. The molecule has 3 nitrogen and oxygen atoms in total. The average Bonchev–Trinajstić information content (AvgIpc) is 2.77. The third-order valence-electron chi connectivity index (χ3n) is 6.96. The molecule has 0 radical (unpaired) electrons. The molecule has 2 rings (SSSR count). The van der Waals surface area contributed by atoms with E-state index in [1.807, 2.05) is 0 Å². The van der Waals surface area contributed by atoms with Gasteiger partial charge in [0.15, 0.2) is 0 Å². The molecule has 0 aromatic carbocycles. The first-order valence-corrected chi connectivity index (χ1v) is 9.77. The molecule has 4 atom stereocenters. The predicted molar refractivity (Wildman–Crippen MR) is 83.5 cm³/mol. The molecule has 0 aromatic heterocycles. The number of rotatable bonds is 6. The van der Waals surface area contributed by atoms with Crippen LogP contribution in [0.1, 0.15) is 53.4 Å². The van der Waals surface area contributed by atoms with Crippen molar-refractivity contribution < 1.29 is 13.3 Å². The van der Waals surface area contributed by atoms with Crippen LogP contribution in [0.2, 0.25) is 5.54 Å². The zero-order valence-electron chi connectivity index (χ0n) is 14.3. The molecule has 0 heterocycles. The lowest BCUT2D eigenvalue weighted by molar-refractivity contribution is 0.0889. The molecular formula is C16H32O3Si. The molecule has 0 N–H and O–H groups in total. The van der Waals surface area contributed by atoms with Gasteiger partial charge in [0.25, 0.3) is 0 Å².